The van der Waals surface area contributed by atoms with Crippen LogP contribution in [-0.2, 0) is 16.4 Å². The molecule has 0 aromatic heterocycles. The van der Waals surface area contributed by atoms with E-state index < -0.39 is 9.84 Å². The van der Waals surface area contributed by atoms with Crippen molar-refractivity contribution in [2.24, 2.45) is 4.99 Å². The second-order valence-electron chi connectivity index (χ2n) is 4.71. The largest absolute Gasteiger partial charge is 0.287 e. The molecule has 2 aromatic rings. The van der Waals surface area contributed by atoms with Gasteiger partial charge in [-0.15, -0.1) is 0 Å². The number of hydroxylamine groups is 2. The van der Waals surface area contributed by atoms with Gasteiger partial charge in [0.1, 0.15) is 6.34 Å². The predicted octanol–water partition coefficient (Wildman–Crippen LogP) is 3.69. The molecule has 0 atom stereocenters. The molecule has 114 valence electrons. The fourth-order valence-electron chi connectivity index (χ4n) is 2.21. The number of nitrogens with zero attached hydrogens (tertiary/aromatic N) is 2. The molecule has 0 fully saturated rings. The zero-order valence-corrected chi connectivity index (χ0v) is 13.4. The number of hydrogen-bond donors (Lipinski definition) is 1. The number of rotatable bonds is 2. The SMILES string of the molecule is O=S(=O)(c1cc(Cl)cc(Cl)c1)c1cccc2c1N=CN(O)C2. The van der Waals surface area contributed by atoms with Crippen LogP contribution in [0.3, 0.4) is 0 Å². The highest BCUT2D eigenvalue weighted by Crippen LogP contribution is 2.36. The molecular formula is C14H10Cl2N2O3S. The maximum atomic E-state index is 12.8. The molecular weight excluding hydrogens is 347 g/mol. The minimum atomic E-state index is -3.83. The third-order valence-electron chi connectivity index (χ3n) is 3.17. The lowest BCUT2D eigenvalue weighted by Crippen LogP contribution is -2.20. The number of aliphatic imine (C=N–C) groups is 1. The Labute approximate surface area is 137 Å². The summed E-state index contributed by atoms with van der Waals surface area (Å²) in [6.07, 6.45) is 1.17. The van der Waals surface area contributed by atoms with Crippen molar-refractivity contribution in [1.29, 1.82) is 0 Å². The summed E-state index contributed by atoms with van der Waals surface area (Å²) in [5.41, 5.74) is 0.920. The van der Waals surface area contributed by atoms with Crippen LogP contribution in [0.5, 0.6) is 0 Å². The summed E-state index contributed by atoms with van der Waals surface area (Å²) in [4.78, 5) is 4.07. The number of hydrogen-bond acceptors (Lipinski definition) is 5. The topological polar surface area (TPSA) is 70.0 Å². The van der Waals surface area contributed by atoms with E-state index in [1.807, 2.05) is 0 Å². The lowest BCUT2D eigenvalue weighted by atomic mass is 10.1. The number of sulfone groups is 1. The second-order valence-corrected chi connectivity index (χ2v) is 7.51. The van der Waals surface area contributed by atoms with Gasteiger partial charge in [-0.1, -0.05) is 35.3 Å². The highest BCUT2D eigenvalue weighted by molar-refractivity contribution is 7.91. The van der Waals surface area contributed by atoms with Crippen LogP contribution in [0.1, 0.15) is 5.56 Å². The Morgan fingerprint density at radius 1 is 1.14 bits per heavy atom. The molecule has 1 aliphatic rings. The average molecular weight is 357 g/mol. The summed E-state index contributed by atoms with van der Waals surface area (Å²) in [7, 11) is -3.83. The van der Waals surface area contributed by atoms with Gasteiger partial charge in [0.25, 0.3) is 0 Å². The Morgan fingerprint density at radius 2 is 1.82 bits per heavy atom. The van der Waals surface area contributed by atoms with Gasteiger partial charge in [0.15, 0.2) is 0 Å². The van der Waals surface area contributed by atoms with Gasteiger partial charge in [-0.05, 0) is 24.3 Å². The molecule has 0 spiro atoms. The Balaban J connectivity index is 2.20. The van der Waals surface area contributed by atoms with Gasteiger partial charge in [0.05, 0.1) is 22.0 Å². The van der Waals surface area contributed by atoms with E-state index in [4.69, 9.17) is 23.2 Å². The second kappa shape index (κ2) is 5.55. The number of para-hydroxylation sites is 1. The molecule has 1 N–H and O–H groups in total. The van der Waals surface area contributed by atoms with Crippen LogP contribution in [0.15, 0.2) is 51.2 Å². The zero-order chi connectivity index (χ0) is 15.9. The normalized spacial score (nSPS) is 14.0. The van der Waals surface area contributed by atoms with Crippen molar-refractivity contribution in [2.75, 3.05) is 0 Å². The molecule has 22 heavy (non-hydrogen) atoms. The molecule has 0 amide bonds. The summed E-state index contributed by atoms with van der Waals surface area (Å²) < 4.78 is 25.6. The molecule has 1 heterocycles. The summed E-state index contributed by atoms with van der Waals surface area (Å²) in [6, 6.07) is 8.92. The van der Waals surface area contributed by atoms with Crippen LogP contribution < -0.4 is 0 Å². The van der Waals surface area contributed by atoms with E-state index in [0.29, 0.717) is 11.3 Å². The number of halogens is 2. The Kier molecular flexibility index (Phi) is 3.86. The molecule has 0 aliphatic carbocycles. The maximum Gasteiger partial charge on any atom is 0.208 e. The summed E-state index contributed by atoms with van der Waals surface area (Å²) in [5, 5.41) is 10.8. The van der Waals surface area contributed by atoms with E-state index in [-0.39, 0.29) is 26.4 Å². The molecule has 0 saturated carbocycles. The molecule has 5 nitrogen and oxygen atoms in total. The monoisotopic (exact) mass is 356 g/mol. The molecule has 3 rings (SSSR count). The molecule has 2 aromatic carbocycles. The molecule has 0 radical (unpaired) electrons. The van der Waals surface area contributed by atoms with Gasteiger partial charge >= 0.3 is 0 Å². The van der Waals surface area contributed by atoms with E-state index >= 15 is 0 Å². The van der Waals surface area contributed by atoms with Crippen LogP contribution in [0, 0.1) is 0 Å². The Morgan fingerprint density at radius 3 is 2.50 bits per heavy atom. The molecule has 0 saturated heterocycles. The van der Waals surface area contributed by atoms with Gasteiger partial charge in [0, 0.05) is 15.6 Å². The van der Waals surface area contributed by atoms with Gasteiger partial charge < -0.3 is 0 Å². The van der Waals surface area contributed by atoms with Crippen molar-refractivity contribution in [2.45, 2.75) is 16.3 Å². The molecule has 0 bridgehead atoms. The maximum absolute atomic E-state index is 12.8. The lowest BCUT2D eigenvalue weighted by molar-refractivity contribution is -0.0179. The van der Waals surface area contributed by atoms with Crippen LogP contribution in [0.25, 0.3) is 0 Å². The third-order valence-corrected chi connectivity index (χ3v) is 5.37. The first-order chi connectivity index (χ1) is 10.4. The Hall–Kier alpha value is -1.60. The van der Waals surface area contributed by atoms with Crippen LogP contribution in [-0.4, -0.2) is 25.0 Å². The van der Waals surface area contributed by atoms with Crippen molar-refractivity contribution in [3.05, 3.63) is 52.0 Å². The summed E-state index contributed by atoms with van der Waals surface area (Å²) in [6.45, 7) is 0.165. The van der Waals surface area contributed by atoms with Crippen LogP contribution in [0.4, 0.5) is 5.69 Å². The van der Waals surface area contributed by atoms with E-state index in [0.717, 1.165) is 5.06 Å². The summed E-state index contributed by atoms with van der Waals surface area (Å²) in [5.74, 6) is 0. The molecule has 1 aliphatic heterocycles. The van der Waals surface area contributed by atoms with Crippen LogP contribution in [0.2, 0.25) is 10.0 Å². The van der Waals surface area contributed by atoms with E-state index in [1.165, 1.54) is 30.6 Å². The first kappa shape index (κ1) is 15.3. The van der Waals surface area contributed by atoms with Crippen molar-refractivity contribution in [1.82, 2.24) is 5.06 Å². The lowest BCUT2D eigenvalue weighted by Gasteiger charge is -2.20. The van der Waals surface area contributed by atoms with Crippen molar-refractivity contribution < 1.29 is 13.6 Å². The van der Waals surface area contributed by atoms with E-state index in [2.05, 4.69) is 4.99 Å². The van der Waals surface area contributed by atoms with Crippen molar-refractivity contribution >= 4 is 45.1 Å². The minimum absolute atomic E-state index is 0.0000260. The number of fused-ring (bicyclic) bond motifs is 1. The minimum Gasteiger partial charge on any atom is -0.287 e. The standard InChI is InChI=1S/C14H10Cl2N2O3S/c15-10-4-11(16)6-12(5-10)22(20,21)13-3-1-2-9-7-18(19)8-17-14(9)13/h1-6,8,19H,7H2. The van der Waals surface area contributed by atoms with E-state index in [9.17, 15) is 13.6 Å². The van der Waals surface area contributed by atoms with Gasteiger partial charge in [-0.25, -0.2) is 18.5 Å². The first-order valence-corrected chi connectivity index (χ1v) is 8.44. The third kappa shape index (κ3) is 2.70. The molecule has 0 unspecified atom stereocenters. The van der Waals surface area contributed by atoms with Crippen molar-refractivity contribution in [3.8, 4) is 0 Å². The zero-order valence-electron chi connectivity index (χ0n) is 11.1. The van der Waals surface area contributed by atoms with Crippen LogP contribution >= 0.6 is 23.2 Å². The smallest absolute Gasteiger partial charge is 0.208 e. The molecule has 8 heteroatoms. The van der Waals surface area contributed by atoms with Gasteiger partial charge in [0.2, 0.25) is 9.84 Å². The highest BCUT2D eigenvalue weighted by Gasteiger charge is 2.25. The predicted molar refractivity (Wildman–Crippen MR) is 83.8 cm³/mol. The average Bonchev–Trinajstić information content (AvgIpc) is 2.45. The first-order valence-electron chi connectivity index (χ1n) is 6.21. The Bertz CT molecular complexity index is 861. The number of benzene rings is 2. The highest BCUT2D eigenvalue weighted by atomic mass is 35.5. The van der Waals surface area contributed by atoms with Gasteiger partial charge in [-0.2, -0.15) is 0 Å². The fraction of sp³-hybridized carbons (Fsp3) is 0.0714. The quantitative estimate of drug-likeness (QED) is 0.890. The fourth-order valence-corrected chi connectivity index (χ4v) is 4.38. The summed E-state index contributed by atoms with van der Waals surface area (Å²) >= 11 is 11.8. The van der Waals surface area contributed by atoms with Gasteiger partial charge in [-0.3, -0.25) is 5.21 Å². The van der Waals surface area contributed by atoms with E-state index in [1.54, 1.807) is 12.1 Å². The van der Waals surface area contributed by atoms with Crippen molar-refractivity contribution in [3.63, 3.8) is 0 Å².